The van der Waals surface area contributed by atoms with E-state index in [9.17, 15) is 18.0 Å². The van der Waals surface area contributed by atoms with Crippen LogP contribution in [0.15, 0.2) is 48.7 Å². The summed E-state index contributed by atoms with van der Waals surface area (Å²) in [5.41, 5.74) is 3.70. The van der Waals surface area contributed by atoms with Crippen molar-refractivity contribution in [2.75, 3.05) is 37.7 Å². The van der Waals surface area contributed by atoms with Crippen LogP contribution in [0.2, 0.25) is 0 Å². The van der Waals surface area contributed by atoms with E-state index in [1.807, 2.05) is 36.6 Å². The number of pyridine rings is 1. The van der Waals surface area contributed by atoms with E-state index in [1.54, 1.807) is 12.3 Å². The van der Waals surface area contributed by atoms with Crippen molar-refractivity contribution < 1.29 is 22.7 Å². The van der Waals surface area contributed by atoms with Crippen LogP contribution in [0.1, 0.15) is 38.6 Å². The van der Waals surface area contributed by atoms with Crippen LogP contribution >= 0.6 is 0 Å². The van der Waals surface area contributed by atoms with E-state index in [2.05, 4.69) is 15.2 Å². The average Bonchev–Trinajstić information content (AvgIpc) is 3.09. The van der Waals surface area contributed by atoms with E-state index in [1.165, 1.54) is 6.07 Å². The fourth-order valence-electron chi connectivity index (χ4n) is 4.59. The zero-order chi connectivity index (χ0) is 25.0. The summed E-state index contributed by atoms with van der Waals surface area (Å²) in [4.78, 5) is 19.8. The van der Waals surface area contributed by atoms with Crippen molar-refractivity contribution >= 4 is 11.6 Å². The molecule has 1 aliphatic heterocycles. The van der Waals surface area contributed by atoms with Crippen LogP contribution in [-0.2, 0) is 23.9 Å². The highest BCUT2D eigenvalue weighted by atomic mass is 19.4. The van der Waals surface area contributed by atoms with E-state index >= 15 is 0 Å². The first kappa shape index (κ1) is 24.8. The standard InChI is InChI=1S/C26H29F3N4O2/c1-18-23(32-12-14-35-15-13-32)19(2)33(17-20-6-5-7-21(16-20)26(27,28)29)24(18)25(34)31-11-9-22-8-3-4-10-30-22/h3-8,10,16H,9,11-15,17H2,1-2H3,(H,31,34). The molecule has 0 saturated carbocycles. The fraction of sp³-hybridized carbons (Fsp3) is 0.385. The number of alkyl halides is 3. The first-order chi connectivity index (χ1) is 16.8. The number of rotatable bonds is 7. The lowest BCUT2D eigenvalue weighted by Crippen LogP contribution is -2.36. The van der Waals surface area contributed by atoms with Gasteiger partial charge in [-0.2, -0.15) is 13.2 Å². The molecular weight excluding hydrogens is 457 g/mol. The molecule has 4 rings (SSSR count). The second kappa shape index (κ2) is 10.5. The van der Waals surface area contributed by atoms with E-state index in [4.69, 9.17) is 4.74 Å². The molecule has 6 nitrogen and oxygen atoms in total. The summed E-state index contributed by atoms with van der Waals surface area (Å²) < 4.78 is 47.2. The number of nitrogens with zero attached hydrogens (tertiary/aromatic N) is 3. The Hall–Kier alpha value is -3.33. The third kappa shape index (κ3) is 5.67. The number of benzene rings is 1. The lowest BCUT2D eigenvalue weighted by molar-refractivity contribution is -0.137. The summed E-state index contributed by atoms with van der Waals surface area (Å²) >= 11 is 0. The number of morpholine rings is 1. The minimum atomic E-state index is -4.43. The van der Waals surface area contributed by atoms with E-state index in [0.29, 0.717) is 50.5 Å². The van der Waals surface area contributed by atoms with Crippen LogP contribution < -0.4 is 10.2 Å². The molecule has 0 atom stereocenters. The highest BCUT2D eigenvalue weighted by Gasteiger charge is 2.31. The van der Waals surface area contributed by atoms with Gasteiger partial charge in [-0.1, -0.05) is 18.2 Å². The molecule has 0 spiro atoms. The zero-order valence-electron chi connectivity index (χ0n) is 19.9. The third-order valence-corrected chi connectivity index (χ3v) is 6.26. The molecule has 9 heteroatoms. The van der Waals surface area contributed by atoms with Crippen LogP contribution in [0.5, 0.6) is 0 Å². The minimum Gasteiger partial charge on any atom is -0.378 e. The number of aromatic nitrogens is 2. The highest BCUT2D eigenvalue weighted by molar-refractivity contribution is 5.96. The van der Waals surface area contributed by atoms with Gasteiger partial charge in [0, 0.05) is 55.7 Å². The summed E-state index contributed by atoms with van der Waals surface area (Å²) in [6, 6.07) is 10.9. The van der Waals surface area contributed by atoms with Crippen LogP contribution in [0, 0.1) is 13.8 Å². The molecule has 3 heterocycles. The molecule has 3 aromatic rings. The Morgan fingerprint density at radius 1 is 1.11 bits per heavy atom. The predicted molar refractivity (Wildman–Crippen MR) is 128 cm³/mol. The number of carbonyl (C=O) groups is 1. The molecule has 1 saturated heterocycles. The Balaban J connectivity index is 1.65. The molecule has 1 amide bonds. The Bertz CT molecular complexity index is 1170. The Kier molecular flexibility index (Phi) is 7.45. The summed E-state index contributed by atoms with van der Waals surface area (Å²) in [6.45, 7) is 6.92. The minimum absolute atomic E-state index is 0.157. The average molecular weight is 487 g/mol. The molecule has 1 N–H and O–H groups in total. The number of carbonyl (C=O) groups excluding carboxylic acids is 1. The summed E-state index contributed by atoms with van der Waals surface area (Å²) in [7, 11) is 0. The number of hydrogen-bond donors (Lipinski definition) is 1. The Morgan fingerprint density at radius 2 is 1.89 bits per heavy atom. The number of amides is 1. The monoisotopic (exact) mass is 486 g/mol. The van der Waals surface area contributed by atoms with Gasteiger partial charge < -0.3 is 19.5 Å². The summed E-state index contributed by atoms with van der Waals surface area (Å²) in [5, 5.41) is 2.97. The second-order valence-corrected chi connectivity index (χ2v) is 8.62. The first-order valence-electron chi connectivity index (χ1n) is 11.6. The van der Waals surface area contributed by atoms with Gasteiger partial charge in [0.05, 0.1) is 24.5 Å². The SMILES string of the molecule is Cc1c(N2CCOCC2)c(C)n(Cc2cccc(C(F)(F)F)c2)c1C(=O)NCCc1ccccn1. The maximum absolute atomic E-state index is 13.4. The lowest BCUT2D eigenvalue weighted by Gasteiger charge is -2.29. The second-order valence-electron chi connectivity index (χ2n) is 8.62. The Labute approximate surface area is 202 Å². The smallest absolute Gasteiger partial charge is 0.378 e. The van der Waals surface area contributed by atoms with Gasteiger partial charge in [0.15, 0.2) is 0 Å². The van der Waals surface area contributed by atoms with Crippen molar-refractivity contribution in [3.8, 4) is 0 Å². The van der Waals surface area contributed by atoms with Gasteiger partial charge in [-0.15, -0.1) is 0 Å². The number of ether oxygens (including phenoxy) is 1. The number of hydrogen-bond acceptors (Lipinski definition) is 4. The first-order valence-corrected chi connectivity index (χ1v) is 11.6. The van der Waals surface area contributed by atoms with Crippen molar-refractivity contribution in [3.63, 3.8) is 0 Å². The molecule has 1 aromatic carbocycles. The maximum atomic E-state index is 13.4. The number of anilines is 1. The third-order valence-electron chi connectivity index (χ3n) is 6.26. The fourth-order valence-corrected chi connectivity index (χ4v) is 4.59. The molecule has 2 aromatic heterocycles. The van der Waals surface area contributed by atoms with Gasteiger partial charge in [0.1, 0.15) is 5.69 Å². The number of nitrogens with one attached hydrogen (secondary N) is 1. The molecule has 0 unspecified atom stereocenters. The summed E-state index contributed by atoms with van der Waals surface area (Å²) in [6.07, 6.45) is -2.14. The maximum Gasteiger partial charge on any atom is 0.416 e. The molecule has 186 valence electrons. The number of halogens is 3. The van der Waals surface area contributed by atoms with Gasteiger partial charge in [-0.25, -0.2) is 0 Å². The summed E-state index contributed by atoms with van der Waals surface area (Å²) in [5.74, 6) is -0.256. The quantitative estimate of drug-likeness (QED) is 0.539. The molecule has 1 fully saturated rings. The van der Waals surface area contributed by atoms with Crippen molar-refractivity contribution in [1.82, 2.24) is 14.9 Å². The molecule has 35 heavy (non-hydrogen) atoms. The largest absolute Gasteiger partial charge is 0.416 e. The normalized spacial score (nSPS) is 14.3. The van der Waals surface area contributed by atoms with Gasteiger partial charge in [-0.05, 0) is 43.7 Å². The van der Waals surface area contributed by atoms with E-state index in [0.717, 1.165) is 34.8 Å². The van der Waals surface area contributed by atoms with Crippen molar-refractivity contribution in [3.05, 3.63) is 82.4 Å². The van der Waals surface area contributed by atoms with Crippen molar-refractivity contribution in [1.29, 1.82) is 0 Å². The topological polar surface area (TPSA) is 59.4 Å². The van der Waals surface area contributed by atoms with Crippen molar-refractivity contribution in [2.24, 2.45) is 0 Å². The van der Waals surface area contributed by atoms with Gasteiger partial charge in [0.25, 0.3) is 5.91 Å². The van der Waals surface area contributed by atoms with Gasteiger partial charge >= 0.3 is 6.18 Å². The van der Waals surface area contributed by atoms with Crippen LogP contribution in [-0.4, -0.2) is 48.3 Å². The Morgan fingerprint density at radius 3 is 2.57 bits per heavy atom. The van der Waals surface area contributed by atoms with E-state index in [-0.39, 0.29) is 12.5 Å². The highest BCUT2D eigenvalue weighted by Crippen LogP contribution is 2.33. The van der Waals surface area contributed by atoms with E-state index < -0.39 is 11.7 Å². The van der Waals surface area contributed by atoms with Crippen LogP contribution in [0.25, 0.3) is 0 Å². The molecule has 1 aliphatic rings. The molecule has 0 radical (unpaired) electrons. The van der Waals surface area contributed by atoms with Crippen LogP contribution in [0.4, 0.5) is 18.9 Å². The lowest BCUT2D eigenvalue weighted by atomic mass is 10.1. The van der Waals surface area contributed by atoms with Gasteiger partial charge in [0.2, 0.25) is 0 Å². The molecule has 0 bridgehead atoms. The predicted octanol–water partition coefficient (Wildman–Crippen LogP) is 4.38. The molecule has 0 aliphatic carbocycles. The molecular formula is C26H29F3N4O2. The van der Waals surface area contributed by atoms with Gasteiger partial charge in [-0.3, -0.25) is 9.78 Å². The zero-order valence-corrected chi connectivity index (χ0v) is 19.9. The van der Waals surface area contributed by atoms with Crippen LogP contribution in [0.3, 0.4) is 0 Å². The van der Waals surface area contributed by atoms with Crippen molar-refractivity contribution in [2.45, 2.75) is 33.0 Å².